The van der Waals surface area contributed by atoms with Crippen LogP contribution in [0, 0.1) is 13.8 Å². The van der Waals surface area contributed by atoms with Crippen molar-refractivity contribution < 1.29 is 13.9 Å². The summed E-state index contributed by atoms with van der Waals surface area (Å²) in [5.41, 5.74) is 4.67. The standard InChI is InChI=1S/C20H23N3O3S/c1-5-25-19(24)16-12-17(15-8-6-13(2)7-9-15)23(14(16)3)11-10-18-21-22-20(26-18)27-4/h6-9,12H,5,10-11H2,1-4H3. The van der Waals surface area contributed by atoms with Crippen LogP contribution in [0.2, 0.25) is 0 Å². The molecular weight excluding hydrogens is 362 g/mol. The summed E-state index contributed by atoms with van der Waals surface area (Å²) in [6.45, 7) is 6.78. The topological polar surface area (TPSA) is 70.2 Å². The highest BCUT2D eigenvalue weighted by Gasteiger charge is 2.20. The molecule has 0 aliphatic rings. The van der Waals surface area contributed by atoms with Crippen LogP contribution in [0.3, 0.4) is 0 Å². The average Bonchev–Trinajstić information content (AvgIpc) is 3.25. The van der Waals surface area contributed by atoms with E-state index in [0.717, 1.165) is 17.0 Å². The second kappa shape index (κ2) is 8.43. The highest BCUT2D eigenvalue weighted by atomic mass is 32.2. The number of ether oxygens (including phenoxy) is 1. The Balaban J connectivity index is 1.95. The Kier molecular flexibility index (Phi) is 6.01. The van der Waals surface area contributed by atoms with Crippen molar-refractivity contribution in [3.05, 3.63) is 53.0 Å². The van der Waals surface area contributed by atoms with Crippen molar-refractivity contribution in [1.29, 1.82) is 0 Å². The Bertz CT molecular complexity index is 929. The van der Waals surface area contributed by atoms with E-state index in [4.69, 9.17) is 9.15 Å². The van der Waals surface area contributed by atoms with Gasteiger partial charge in [0.25, 0.3) is 5.22 Å². The Hall–Kier alpha value is -2.54. The van der Waals surface area contributed by atoms with Gasteiger partial charge in [0.2, 0.25) is 5.89 Å². The van der Waals surface area contributed by atoms with Crippen LogP contribution in [0.15, 0.2) is 40.0 Å². The summed E-state index contributed by atoms with van der Waals surface area (Å²) in [4.78, 5) is 12.4. The average molecular weight is 385 g/mol. The first-order valence-electron chi connectivity index (χ1n) is 8.84. The molecule has 7 heteroatoms. The van der Waals surface area contributed by atoms with Gasteiger partial charge in [-0.3, -0.25) is 0 Å². The lowest BCUT2D eigenvalue weighted by molar-refractivity contribution is 0.0525. The second-order valence-corrected chi connectivity index (χ2v) is 6.94. The molecular formula is C20H23N3O3S. The number of hydrogen-bond donors (Lipinski definition) is 0. The number of benzene rings is 1. The molecule has 3 aromatic rings. The van der Waals surface area contributed by atoms with Gasteiger partial charge in [-0.1, -0.05) is 41.6 Å². The summed E-state index contributed by atoms with van der Waals surface area (Å²) < 4.78 is 12.9. The zero-order chi connectivity index (χ0) is 19.4. The predicted molar refractivity (Wildman–Crippen MR) is 105 cm³/mol. The lowest BCUT2D eigenvalue weighted by Crippen LogP contribution is -2.09. The molecule has 142 valence electrons. The van der Waals surface area contributed by atoms with Crippen molar-refractivity contribution in [3.63, 3.8) is 0 Å². The number of esters is 1. The van der Waals surface area contributed by atoms with Gasteiger partial charge in [-0.25, -0.2) is 4.79 Å². The van der Waals surface area contributed by atoms with Crippen LogP contribution in [0.5, 0.6) is 0 Å². The maximum absolute atomic E-state index is 12.4. The monoisotopic (exact) mass is 385 g/mol. The molecule has 2 heterocycles. The molecule has 0 saturated carbocycles. The number of nitrogens with zero attached hydrogens (tertiary/aromatic N) is 3. The summed E-state index contributed by atoms with van der Waals surface area (Å²) in [7, 11) is 0. The SMILES string of the molecule is CCOC(=O)c1cc(-c2ccc(C)cc2)n(CCc2nnc(SC)o2)c1C. The molecule has 6 nitrogen and oxygen atoms in total. The van der Waals surface area contributed by atoms with Crippen molar-refractivity contribution in [2.24, 2.45) is 0 Å². The molecule has 0 aliphatic carbocycles. The van der Waals surface area contributed by atoms with Crippen LogP contribution in [0.4, 0.5) is 0 Å². The first-order valence-corrected chi connectivity index (χ1v) is 10.1. The van der Waals surface area contributed by atoms with Crippen LogP contribution in [0.1, 0.15) is 34.4 Å². The molecule has 0 unspecified atom stereocenters. The highest BCUT2D eigenvalue weighted by Crippen LogP contribution is 2.27. The van der Waals surface area contributed by atoms with E-state index in [0.29, 0.717) is 36.2 Å². The number of carbonyl (C=O) groups is 1. The lowest BCUT2D eigenvalue weighted by Gasteiger charge is -2.11. The quantitative estimate of drug-likeness (QED) is 0.446. The molecule has 0 atom stereocenters. The Morgan fingerprint density at radius 2 is 1.96 bits per heavy atom. The van der Waals surface area contributed by atoms with Crippen molar-refractivity contribution in [2.45, 2.75) is 39.0 Å². The van der Waals surface area contributed by atoms with Gasteiger partial charge in [0.05, 0.1) is 12.2 Å². The third kappa shape index (κ3) is 4.24. The fraction of sp³-hybridized carbons (Fsp3) is 0.350. The molecule has 0 bridgehead atoms. The number of aryl methyl sites for hydroxylation is 2. The van der Waals surface area contributed by atoms with E-state index in [1.165, 1.54) is 17.3 Å². The minimum absolute atomic E-state index is 0.301. The van der Waals surface area contributed by atoms with Crippen molar-refractivity contribution >= 4 is 17.7 Å². The van der Waals surface area contributed by atoms with Gasteiger partial charge in [0.1, 0.15) is 0 Å². The normalized spacial score (nSPS) is 11.0. The van der Waals surface area contributed by atoms with Crippen molar-refractivity contribution in [2.75, 3.05) is 12.9 Å². The van der Waals surface area contributed by atoms with Gasteiger partial charge in [-0.15, -0.1) is 10.2 Å². The molecule has 27 heavy (non-hydrogen) atoms. The fourth-order valence-electron chi connectivity index (χ4n) is 2.94. The van der Waals surface area contributed by atoms with E-state index >= 15 is 0 Å². The van der Waals surface area contributed by atoms with E-state index in [9.17, 15) is 4.79 Å². The molecule has 2 aromatic heterocycles. The van der Waals surface area contributed by atoms with Crippen LogP contribution in [-0.4, -0.2) is 33.6 Å². The second-order valence-electron chi connectivity index (χ2n) is 6.18. The summed E-state index contributed by atoms with van der Waals surface area (Å²) >= 11 is 1.42. The molecule has 3 rings (SSSR count). The number of aromatic nitrogens is 3. The third-order valence-electron chi connectivity index (χ3n) is 4.38. The molecule has 0 aliphatic heterocycles. The summed E-state index contributed by atoms with van der Waals surface area (Å²) in [6, 6.07) is 10.2. The lowest BCUT2D eigenvalue weighted by atomic mass is 10.1. The van der Waals surface area contributed by atoms with Gasteiger partial charge >= 0.3 is 5.97 Å². The smallest absolute Gasteiger partial charge is 0.339 e. The van der Waals surface area contributed by atoms with Crippen LogP contribution in [-0.2, 0) is 17.7 Å². The number of carbonyl (C=O) groups excluding carboxylic acids is 1. The van der Waals surface area contributed by atoms with Gasteiger partial charge in [-0.05, 0) is 38.7 Å². The summed E-state index contributed by atoms with van der Waals surface area (Å²) in [5, 5.41) is 8.61. The van der Waals surface area contributed by atoms with Crippen LogP contribution >= 0.6 is 11.8 Å². The van der Waals surface area contributed by atoms with E-state index in [-0.39, 0.29) is 5.97 Å². The minimum atomic E-state index is -0.301. The number of hydrogen-bond acceptors (Lipinski definition) is 6. The first-order chi connectivity index (χ1) is 13.0. The third-order valence-corrected chi connectivity index (χ3v) is 4.90. The largest absolute Gasteiger partial charge is 0.462 e. The van der Waals surface area contributed by atoms with Gasteiger partial charge in [0.15, 0.2) is 0 Å². The van der Waals surface area contributed by atoms with E-state index in [1.54, 1.807) is 0 Å². The highest BCUT2D eigenvalue weighted by molar-refractivity contribution is 7.98. The molecule has 0 saturated heterocycles. The molecule has 0 radical (unpaired) electrons. The summed E-state index contributed by atoms with van der Waals surface area (Å²) in [5.74, 6) is 0.282. The Morgan fingerprint density at radius 3 is 2.59 bits per heavy atom. The van der Waals surface area contributed by atoms with Crippen LogP contribution < -0.4 is 0 Å². The van der Waals surface area contributed by atoms with Gasteiger partial charge < -0.3 is 13.7 Å². The van der Waals surface area contributed by atoms with Crippen molar-refractivity contribution in [1.82, 2.24) is 14.8 Å². The number of thioether (sulfide) groups is 1. The van der Waals surface area contributed by atoms with E-state index in [1.807, 2.05) is 26.2 Å². The number of rotatable bonds is 7. The molecule has 1 aromatic carbocycles. The van der Waals surface area contributed by atoms with Gasteiger partial charge in [0, 0.05) is 24.4 Å². The Labute approximate surface area is 162 Å². The molecule has 0 amide bonds. The minimum Gasteiger partial charge on any atom is -0.462 e. The fourth-order valence-corrected chi connectivity index (χ4v) is 3.24. The maximum atomic E-state index is 12.4. The Morgan fingerprint density at radius 1 is 1.22 bits per heavy atom. The van der Waals surface area contributed by atoms with E-state index < -0.39 is 0 Å². The van der Waals surface area contributed by atoms with Crippen molar-refractivity contribution in [3.8, 4) is 11.3 Å². The van der Waals surface area contributed by atoms with E-state index in [2.05, 4.69) is 46.0 Å². The van der Waals surface area contributed by atoms with Gasteiger partial charge in [-0.2, -0.15) is 0 Å². The molecule has 0 N–H and O–H groups in total. The predicted octanol–water partition coefficient (Wildman–Crippen LogP) is 4.30. The summed E-state index contributed by atoms with van der Waals surface area (Å²) in [6.07, 6.45) is 2.48. The molecule has 0 spiro atoms. The molecule has 0 fully saturated rings. The first kappa shape index (κ1) is 19.2. The zero-order valence-electron chi connectivity index (χ0n) is 16.0. The zero-order valence-corrected chi connectivity index (χ0v) is 16.8. The maximum Gasteiger partial charge on any atom is 0.339 e. The van der Waals surface area contributed by atoms with Crippen LogP contribution in [0.25, 0.3) is 11.3 Å².